The second-order valence-corrected chi connectivity index (χ2v) is 8.14. The second-order valence-electron chi connectivity index (χ2n) is 7.70. The van der Waals surface area contributed by atoms with Gasteiger partial charge < -0.3 is 24.6 Å². The van der Waals surface area contributed by atoms with E-state index < -0.39 is 23.8 Å². The Morgan fingerprint density at radius 1 is 1.24 bits per heavy atom. The number of nitrogens with zero attached hydrogens (tertiary/aromatic N) is 2. The van der Waals surface area contributed by atoms with Crippen molar-refractivity contribution in [3.63, 3.8) is 0 Å². The Labute approximate surface area is 200 Å². The van der Waals surface area contributed by atoms with Crippen molar-refractivity contribution in [2.45, 2.75) is 12.3 Å². The Bertz CT molecular complexity index is 1010. The first kappa shape index (κ1) is 25.8. The number of methoxy groups -OCH3 is 1. The van der Waals surface area contributed by atoms with E-state index in [1.54, 1.807) is 29.2 Å². The molecule has 1 N–H and O–H groups in total. The molecule has 0 saturated carbocycles. The molecule has 0 spiro atoms. The van der Waals surface area contributed by atoms with E-state index in [2.05, 4.69) is 5.32 Å². The molecule has 1 heterocycles. The summed E-state index contributed by atoms with van der Waals surface area (Å²) in [5.41, 5.74) is -0.443. The molecule has 1 aliphatic heterocycles. The average Bonchev–Trinajstić information content (AvgIpc) is 2.81. The highest BCUT2D eigenvalue weighted by Crippen LogP contribution is 2.30. The smallest absolute Gasteiger partial charge is 0.383 e. The summed E-state index contributed by atoms with van der Waals surface area (Å²) in [6.45, 7) is 1.23. The number of alkyl halides is 3. The molecule has 34 heavy (non-hydrogen) atoms. The number of halogens is 4. The number of nitrogens with one attached hydrogen (secondary N) is 1. The second kappa shape index (κ2) is 11.5. The van der Waals surface area contributed by atoms with E-state index in [0.29, 0.717) is 17.3 Å². The number of urea groups is 1. The fraction of sp³-hybridized carbons (Fsp3) is 0.391. The van der Waals surface area contributed by atoms with Crippen LogP contribution in [0.2, 0.25) is 5.02 Å². The van der Waals surface area contributed by atoms with Crippen molar-refractivity contribution >= 4 is 29.2 Å². The molecule has 1 saturated heterocycles. The van der Waals surface area contributed by atoms with Crippen LogP contribution in [0.5, 0.6) is 0 Å². The molecule has 0 radical (unpaired) electrons. The van der Waals surface area contributed by atoms with E-state index >= 15 is 0 Å². The van der Waals surface area contributed by atoms with Gasteiger partial charge >= 0.3 is 12.2 Å². The fourth-order valence-electron chi connectivity index (χ4n) is 3.52. The summed E-state index contributed by atoms with van der Waals surface area (Å²) in [6, 6.07) is 10.7. The van der Waals surface area contributed by atoms with Crippen LogP contribution in [0.15, 0.2) is 48.5 Å². The zero-order valence-corrected chi connectivity index (χ0v) is 19.2. The van der Waals surface area contributed by atoms with Gasteiger partial charge in [-0.1, -0.05) is 23.7 Å². The zero-order valence-electron chi connectivity index (χ0n) is 18.5. The van der Waals surface area contributed by atoms with Crippen molar-refractivity contribution in [3.05, 3.63) is 64.7 Å². The van der Waals surface area contributed by atoms with E-state index in [4.69, 9.17) is 21.1 Å². The summed E-state index contributed by atoms with van der Waals surface area (Å²) in [7, 11) is 1.46. The maximum Gasteiger partial charge on any atom is 0.416 e. The van der Waals surface area contributed by atoms with Gasteiger partial charge in [-0.3, -0.25) is 4.79 Å². The van der Waals surface area contributed by atoms with Crippen molar-refractivity contribution < 1.29 is 32.2 Å². The third-order valence-corrected chi connectivity index (χ3v) is 5.45. The molecule has 0 aromatic heterocycles. The van der Waals surface area contributed by atoms with Gasteiger partial charge in [-0.15, -0.1) is 0 Å². The molecule has 0 aliphatic carbocycles. The van der Waals surface area contributed by atoms with E-state index in [1.807, 2.05) is 0 Å². The number of hydrogen-bond donors (Lipinski definition) is 1. The van der Waals surface area contributed by atoms with Gasteiger partial charge in [0.05, 0.1) is 31.4 Å². The van der Waals surface area contributed by atoms with Crippen molar-refractivity contribution in [3.8, 4) is 0 Å². The lowest BCUT2D eigenvalue weighted by molar-refractivity contribution is -0.137. The van der Waals surface area contributed by atoms with Crippen LogP contribution >= 0.6 is 11.6 Å². The number of anilines is 1. The predicted octanol–water partition coefficient (Wildman–Crippen LogP) is 4.38. The Balaban J connectivity index is 1.68. The van der Waals surface area contributed by atoms with E-state index in [0.717, 1.165) is 12.1 Å². The van der Waals surface area contributed by atoms with Crippen molar-refractivity contribution in [2.75, 3.05) is 51.8 Å². The molecular weight excluding hydrogens is 475 g/mol. The Morgan fingerprint density at radius 2 is 2.00 bits per heavy atom. The lowest BCUT2D eigenvalue weighted by atomic mass is 10.1. The lowest BCUT2D eigenvalue weighted by Gasteiger charge is -2.35. The topological polar surface area (TPSA) is 71.1 Å². The normalized spacial score (nSPS) is 16.3. The first-order valence-electron chi connectivity index (χ1n) is 10.6. The summed E-state index contributed by atoms with van der Waals surface area (Å²) in [4.78, 5) is 28.6. The van der Waals surface area contributed by atoms with Gasteiger partial charge in [-0.05, 0) is 36.4 Å². The first-order valence-corrected chi connectivity index (χ1v) is 10.9. The van der Waals surface area contributed by atoms with Crippen LogP contribution in [0.3, 0.4) is 0 Å². The highest BCUT2D eigenvalue weighted by molar-refractivity contribution is 6.30. The molecule has 11 heteroatoms. The van der Waals surface area contributed by atoms with Crippen LogP contribution in [0.4, 0.5) is 23.7 Å². The summed E-state index contributed by atoms with van der Waals surface area (Å²) in [5.74, 6) is -0.577. The molecule has 1 unspecified atom stereocenters. The fourth-order valence-corrected chi connectivity index (χ4v) is 3.71. The molecule has 7 nitrogen and oxygen atoms in total. The van der Waals surface area contributed by atoms with Crippen molar-refractivity contribution in [2.24, 2.45) is 0 Å². The number of ether oxygens (including phenoxy) is 2. The van der Waals surface area contributed by atoms with E-state index in [-0.39, 0.29) is 44.4 Å². The van der Waals surface area contributed by atoms with Crippen LogP contribution < -0.4 is 5.32 Å². The lowest BCUT2D eigenvalue weighted by Crippen LogP contribution is -2.52. The van der Waals surface area contributed by atoms with Gasteiger partial charge in [0.1, 0.15) is 0 Å². The summed E-state index contributed by atoms with van der Waals surface area (Å²) in [6.07, 6.45) is -5.08. The molecule has 2 aromatic carbocycles. The maximum absolute atomic E-state index is 13.1. The number of benzene rings is 2. The minimum atomic E-state index is -4.56. The third kappa shape index (κ3) is 7.09. The van der Waals surface area contributed by atoms with Crippen LogP contribution in [0.1, 0.15) is 15.9 Å². The molecule has 3 amide bonds. The first-order chi connectivity index (χ1) is 16.2. The molecular formula is C23H25ClF3N3O4. The van der Waals surface area contributed by atoms with Crippen LogP contribution in [0, 0.1) is 0 Å². The molecule has 1 atom stereocenters. The number of rotatable bonds is 7. The summed E-state index contributed by atoms with van der Waals surface area (Å²) < 4.78 is 50.1. The molecule has 1 aliphatic rings. The van der Waals surface area contributed by atoms with Crippen molar-refractivity contribution in [1.29, 1.82) is 0 Å². The minimum absolute atomic E-state index is 0.0827. The van der Waals surface area contributed by atoms with E-state index in [9.17, 15) is 22.8 Å². The number of carbonyl (C=O) groups is 2. The number of amides is 3. The third-order valence-electron chi connectivity index (χ3n) is 5.22. The van der Waals surface area contributed by atoms with Gasteiger partial charge in [0.25, 0.3) is 5.91 Å². The SMILES string of the molecule is COCCN(CC1CN(C(=O)Nc2cccc(Cl)c2)CCO1)C(=O)c1cccc(C(F)(F)F)c1. The molecule has 184 valence electrons. The van der Waals surface area contributed by atoms with Gasteiger partial charge in [-0.2, -0.15) is 13.2 Å². The van der Waals surface area contributed by atoms with Gasteiger partial charge in [-0.25, -0.2) is 4.79 Å². The molecule has 0 bridgehead atoms. The Morgan fingerprint density at radius 3 is 2.71 bits per heavy atom. The maximum atomic E-state index is 13.1. The molecule has 1 fully saturated rings. The highest BCUT2D eigenvalue weighted by Gasteiger charge is 2.32. The predicted molar refractivity (Wildman–Crippen MR) is 121 cm³/mol. The largest absolute Gasteiger partial charge is 0.416 e. The van der Waals surface area contributed by atoms with Crippen LogP contribution in [-0.2, 0) is 15.7 Å². The quantitative estimate of drug-likeness (QED) is 0.614. The zero-order chi connectivity index (χ0) is 24.7. The van der Waals surface area contributed by atoms with E-state index in [1.165, 1.54) is 24.1 Å². The van der Waals surface area contributed by atoms with Gasteiger partial charge in [0.2, 0.25) is 0 Å². The summed E-state index contributed by atoms with van der Waals surface area (Å²) >= 11 is 5.96. The highest BCUT2D eigenvalue weighted by atomic mass is 35.5. The standard InChI is InChI=1S/C23H25ClF3N3O4/c1-33-10-8-29(21(31)16-4-2-5-17(12-16)23(25,26)27)14-20-15-30(9-11-34-20)22(32)28-19-7-3-6-18(24)13-19/h2-7,12-13,20H,8-11,14-15H2,1H3,(H,28,32). The van der Waals surface area contributed by atoms with Crippen LogP contribution in [0.25, 0.3) is 0 Å². The Kier molecular flexibility index (Phi) is 8.76. The van der Waals surface area contributed by atoms with Crippen molar-refractivity contribution in [1.82, 2.24) is 9.80 Å². The molecule has 2 aromatic rings. The number of carbonyl (C=O) groups excluding carboxylic acids is 2. The number of hydrogen-bond acceptors (Lipinski definition) is 4. The average molecular weight is 500 g/mol. The monoisotopic (exact) mass is 499 g/mol. The molecule has 3 rings (SSSR count). The minimum Gasteiger partial charge on any atom is -0.383 e. The summed E-state index contributed by atoms with van der Waals surface area (Å²) in [5, 5.41) is 3.26. The van der Waals surface area contributed by atoms with Gasteiger partial charge in [0.15, 0.2) is 0 Å². The van der Waals surface area contributed by atoms with Gasteiger partial charge in [0, 0.05) is 43.0 Å². The number of morpholine rings is 1. The Hall–Kier alpha value is -2.82. The van der Waals surface area contributed by atoms with Crippen LogP contribution in [-0.4, -0.2) is 74.3 Å².